The monoisotopic (exact) mass is 398 g/mol. The predicted molar refractivity (Wildman–Crippen MR) is 94.8 cm³/mol. The first-order chi connectivity index (χ1) is 12.9. The molecule has 0 heterocycles. The molecule has 0 unspecified atom stereocenters. The molecule has 27 heavy (non-hydrogen) atoms. The Morgan fingerprint density at radius 1 is 1.07 bits per heavy atom. The van der Waals surface area contributed by atoms with E-state index in [0.717, 1.165) is 24.6 Å². The van der Waals surface area contributed by atoms with Gasteiger partial charge in [-0.3, -0.25) is 4.79 Å². The molecule has 144 valence electrons. The van der Waals surface area contributed by atoms with Crippen molar-refractivity contribution in [2.24, 2.45) is 0 Å². The van der Waals surface area contributed by atoms with Crippen molar-refractivity contribution in [3.8, 4) is 11.5 Å². The van der Waals surface area contributed by atoms with Crippen molar-refractivity contribution < 1.29 is 32.6 Å². The number of ether oxygens (including phenoxy) is 3. The Labute approximate surface area is 159 Å². The molecule has 0 fully saturated rings. The molecule has 2 aromatic carbocycles. The van der Waals surface area contributed by atoms with E-state index < -0.39 is 30.0 Å². The van der Waals surface area contributed by atoms with Crippen LogP contribution in [0.5, 0.6) is 11.5 Å². The van der Waals surface area contributed by atoms with Crippen molar-refractivity contribution in [2.75, 3.05) is 20.3 Å². The van der Waals surface area contributed by atoms with Gasteiger partial charge in [-0.15, -0.1) is 0 Å². The molecule has 0 N–H and O–H groups in total. The Balaban J connectivity index is 2.10. The molecule has 0 aliphatic rings. The number of benzene rings is 2. The number of hydrogen-bond acceptors (Lipinski definition) is 5. The van der Waals surface area contributed by atoms with Crippen LogP contribution in [0.2, 0.25) is 5.02 Å². The molecule has 8 heteroatoms. The zero-order valence-electron chi connectivity index (χ0n) is 14.7. The zero-order valence-corrected chi connectivity index (χ0v) is 15.4. The van der Waals surface area contributed by atoms with Gasteiger partial charge in [0.15, 0.2) is 35.5 Å². The van der Waals surface area contributed by atoms with Gasteiger partial charge in [0.2, 0.25) is 0 Å². The van der Waals surface area contributed by atoms with Gasteiger partial charge >= 0.3 is 5.97 Å². The lowest BCUT2D eigenvalue weighted by Crippen LogP contribution is -2.15. The molecule has 0 radical (unpaired) electrons. The summed E-state index contributed by atoms with van der Waals surface area (Å²) in [5.74, 6) is -3.19. The third kappa shape index (κ3) is 5.17. The second-order valence-corrected chi connectivity index (χ2v) is 5.87. The lowest BCUT2D eigenvalue weighted by molar-refractivity contribution is 0.0474. The van der Waals surface area contributed by atoms with Gasteiger partial charge in [0.25, 0.3) is 0 Å². The molecular weight excluding hydrogens is 382 g/mol. The first-order valence-corrected chi connectivity index (χ1v) is 8.40. The maximum absolute atomic E-state index is 13.2. The molecule has 0 atom stereocenters. The van der Waals surface area contributed by atoms with E-state index in [0.29, 0.717) is 12.4 Å². The molecule has 2 rings (SSSR count). The maximum Gasteiger partial charge on any atom is 0.338 e. The van der Waals surface area contributed by atoms with Crippen molar-refractivity contribution in [2.45, 2.75) is 13.3 Å². The Hall–Kier alpha value is -2.67. The largest absolute Gasteiger partial charge is 0.493 e. The summed E-state index contributed by atoms with van der Waals surface area (Å²) in [4.78, 5) is 24.2. The van der Waals surface area contributed by atoms with E-state index >= 15 is 0 Å². The van der Waals surface area contributed by atoms with Crippen LogP contribution in [0.3, 0.4) is 0 Å². The lowest BCUT2D eigenvalue weighted by Gasteiger charge is -2.13. The molecule has 0 aliphatic heterocycles. The van der Waals surface area contributed by atoms with E-state index in [4.69, 9.17) is 25.8 Å². The topological polar surface area (TPSA) is 61.8 Å². The van der Waals surface area contributed by atoms with Crippen LogP contribution in [0, 0.1) is 11.6 Å². The molecule has 0 aliphatic carbocycles. The normalized spacial score (nSPS) is 10.4. The SMILES string of the molecule is CCCOc1c(Cl)cc(C(=O)OCC(=O)c2ccc(F)c(F)c2)cc1OC. The Morgan fingerprint density at radius 2 is 1.81 bits per heavy atom. The van der Waals surface area contributed by atoms with Crippen LogP contribution in [0.25, 0.3) is 0 Å². The number of rotatable bonds is 8. The zero-order chi connectivity index (χ0) is 20.0. The van der Waals surface area contributed by atoms with Gasteiger partial charge in [-0.1, -0.05) is 18.5 Å². The fraction of sp³-hybridized carbons (Fsp3) is 0.263. The average Bonchev–Trinajstić information content (AvgIpc) is 2.66. The number of carbonyl (C=O) groups is 2. The van der Waals surface area contributed by atoms with Crippen LogP contribution in [-0.2, 0) is 4.74 Å². The highest BCUT2D eigenvalue weighted by Crippen LogP contribution is 2.36. The summed E-state index contributed by atoms with van der Waals surface area (Å²) >= 11 is 6.13. The third-order valence-electron chi connectivity index (χ3n) is 3.49. The maximum atomic E-state index is 13.2. The van der Waals surface area contributed by atoms with Gasteiger partial charge in [-0.25, -0.2) is 13.6 Å². The first-order valence-electron chi connectivity index (χ1n) is 8.03. The van der Waals surface area contributed by atoms with Crippen molar-refractivity contribution in [3.05, 3.63) is 58.1 Å². The van der Waals surface area contributed by atoms with E-state index in [1.807, 2.05) is 6.92 Å². The third-order valence-corrected chi connectivity index (χ3v) is 3.77. The minimum absolute atomic E-state index is 0.0544. The number of methoxy groups -OCH3 is 1. The summed E-state index contributed by atoms with van der Waals surface area (Å²) in [5, 5.41) is 0.154. The molecule has 0 amide bonds. The van der Waals surface area contributed by atoms with Crippen LogP contribution in [-0.4, -0.2) is 32.1 Å². The molecule has 0 bridgehead atoms. The summed E-state index contributed by atoms with van der Waals surface area (Å²) in [5.41, 5.74) is -0.0561. The van der Waals surface area contributed by atoms with Gasteiger partial charge in [0, 0.05) is 5.56 Å². The van der Waals surface area contributed by atoms with Crippen LogP contribution in [0.1, 0.15) is 34.1 Å². The Bertz CT molecular complexity index is 854. The average molecular weight is 399 g/mol. The molecule has 0 aromatic heterocycles. The molecule has 0 saturated heterocycles. The fourth-order valence-corrected chi connectivity index (χ4v) is 2.41. The summed E-state index contributed by atoms with van der Waals surface area (Å²) in [7, 11) is 1.40. The molecule has 5 nitrogen and oxygen atoms in total. The van der Waals surface area contributed by atoms with Gasteiger partial charge in [0.05, 0.1) is 24.3 Å². The quantitative estimate of drug-likeness (QED) is 0.485. The Kier molecular flexibility index (Phi) is 7.12. The van der Waals surface area contributed by atoms with Crippen LogP contribution >= 0.6 is 11.6 Å². The Morgan fingerprint density at radius 3 is 2.44 bits per heavy atom. The minimum atomic E-state index is -1.16. The number of ketones is 1. The second-order valence-electron chi connectivity index (χ2n) is 5.47. The van der Waals surface area contributed by atoms with E-state index in [9.17, 15) is 18.4 Å². The van der Waals surface area contributed by atoms with Crippen LogP contribution < -0.4 is 9.47 Å². The summed E-state index contributed by atoms with van der Waals surface area (Å²) in [6.45, 7) is 1.71. The number of Topliss-reactive ketones (excluding diaryl/α,β-unsaturated/α-hetero) is 1. The smallest absolute Gasteiger partial charge is 0.338 e. The van der Waals surface area contributed by atoms with E-state index in [2.05, 4.69) is 0 Å². The molecular formula is C19H17ClF2O5. The number of carbonyl (C=O) groups excluding carboxylic acids is 2. The van der Waals surface area contributed by atoms with Gasteiger partial charge < -0.3 is 14.2 Å². The standard InChI is InChI=1S/C19H17ClF2O5/c1-3-6-26-18-13(20)7-12(9-17(18)25-2)19(24)27-10-16(23)11-4-5-14(21)15(22)8-11/h4-5,7-9H,3,6,10H2,1-2H3. The highest BCUT2D eigenvalue weighted by Gasteiger charge is 2.18. The predicted octanol–water partition coefficient (Wildman–Crippen LogP) is 4.46. The van der Waals surface area contributed by atoms with Crippen molar-refractivity contribution in [1.82, 2.24) is 0 Å². The summed E-state index contributed by atoms with van der Waals surface area (Å²) in [6, 6.07) is 5.38. The number of hydrogen-bond donors (Lipinski definition) is 0. The van der Waals surface area contributed by atoms with E-state index in [1.54, 1.807) is 0 Å². The molecule has 2 aromatic rings. The number of halogens is 3. The van der Waals surface area contributed by atoms with Crippen molar-refractivity contribution >= 4 is 23.4 Å². The van der Waals surface area contributed by atoms with E-state index in [-0.39, 0.29) is 21.9 Å². The van der Waals surface area contributed by atoms with Crippen LogP contribution in [0.15, 0.2) is 30.3 Å². The van der Waals surface area contributed by atoms with E-state index in [1.165, 1.54) is 19.2 Å². The highest BCUT2D eigenvalue weighted by molar-refractivity contribution is 6.32. The summed E-state index contributed by atoms with van der Waals surface area (Å²) in [6.07, 6.45) is 0.759. The van der Waals surface area contributed by atoms with Crippen molar-refractivity contribution in [1.29, 1.82) is 0 Å². The van der Waals surface area contributed by atoms with Gasteiger partial charge in [-0.05, 0) is 36.8 Å². The fourth-order valence-electron chi connectivity index (χ4n) is 2.15. The van der Waals surface area contributed by atoms with Gasteiger partial charge in [0.1, 0.15) is 0 Å². The number of esters is 1. The molecule has 0 saturated carbocycles. The molecule has 0 spiro atoms. The second kappa shape index (κ2) is 9.32. The minimum Gasteiger partial charge on any atom is -0.493 e. The highest BCUT2D eigenvalue weighted by atomic mass is 35.5. The summed E-state index contributed by atoms with van der Waals surface area (Å²) < 4.78 is 41.7. The van der Waals surface area contributed by atoms with Crippen LogP contribution in [0.4, 0.5) is 8.78 Å². The van der Waals surface area contributed by atoms with Crippen molar-refractivity contribution in [3.63, 3.8) is 0 Å². The lowest BCUT2D eigenvalue weighted by atomic mass is 10.1. The van der Waals surface area contributed by atoms with Gasteiger partial charge in [-0.2, -0.15) is 0 Å². The first kappa shape index (κ1) is 20.6.